The van der Waals surface area contributed by atoms with Crippen molar-refractivity contribution in [2.24, 2.45) is 11.8 Å². The number of hydrogen-bond acceptors (Lipinski definition) is 6. The second-order valence-corrected chi connectivity index (χ2v) is 11.4. The fourth-order valence-corrected chi connectivity index (χ4v) is 5.24. The fraction of sp³-hybridized carbons (Fsp3) is 0.731. The molecule has 4 rings (SSSR count). The standard InChI is InChI=1S/C26H40N2O5/c1-25(2,3)33-24(29)28-12-11-20-17(16-28)15-19-22(31-20)18-9-8-10-21(30-14-13-27(6)7)23(18)32-26(19,4)5/h8-10,17,19-20,22H,11-16H2,1-7H3/t17-,19-,20-,22+/m0/s1. The second kappa shape index (κ2) is 8.99. The van der Waals surface area contributed by atoms with E-state index in [0.717, 1.165) is 36.4 Å². The number of rotatable bonds is 4. The summed E-state index contributed by atoms with van der Waals surface area (Å²) in [5.74, 6) is 2.07. The van der Waals surface area contributed by atoms with E-state index in [0.29, 0.717) is 19.7 Å². The molecule has 0 N–H and O–H groups in total. The van der Waals surface area contributed by atoms with Crippen molar-refractivity contribution in [1.29, 1.82) is 0 Å². The lowest BCUT2D eigenvalue weighted by Gasteiger charge is -2.53. The minimum atomic E-state index is -0.489. The molecular formula is C26H40N2O5. The molecule has 0 unspecified atom stereocenters. The van der Waals surface area contributed by atoms with Crippen LogP contribution < -0.4 is 9.47 Å². The summed E-state index contributed by atoms with van der Waals surface area (Å²) in [6, 6.07) is 6.12. The van der Waals surface area contributed by atoms with Crippen LogP contribution in [0.5, 0.6) is 11.5 Å². The average Bonchev–Trinajstić information content (AvgIpc) is 2.71. The van der Waals surface area contributed by atoms with E-state index in [4.69, 9.17) is 18.9 Å². The molecule has 184 valence electrons. The average molecular weight is 461 g/mol. The maximum atomic E-state index is 12.6. The van der Waals surface area contributed by atoms with E-state index < -0.39 is 11.2 Å². The molecule has 3 aliphatic heterocycles. The zero-order valence-electron chi connectivity index (χ0n) is 21.2. The molecule has 7 heteroatoms. The van der Waals surface area contributed by atoms with Crippen molar-refractivity contribution in [3.05, 3.63) is 23.8 Å². The first-order valence-corrected chi connectivity index (χ1v) is 12.2. The summed E-state index contributed by atoms with van der Waals surface area (Å²) < 4.78 is 25.0. The quantitative estimate of drug-likeness (QED) is 0.659. The molecule has 2 saturated heterocycles. The van der Waals surface area contributed by atoms with E-state index in [-0.39, 0.29) is 30.1 Å². The van der Waals surface area contributed by atoms with Gasteiger partial charge >= 0.3 is 6.09 Å². The SMILES string of the molecule is CN(C)CCOc1cccc2c1OC(C)(C)[C@H]1C[C@H]3CN(C(=O)OC(C)(C)C)CC[C@@H]3O[C@H]21. The van der Waals surface area contributed by atoms with Crippen molar-refractivity contribution < 1.29 is 23.7 Å². The third-order valence-corrected chi connectivity index (χ3v) is 6.93. The molecule has 0 aliphatic carbocycles. The highest BCUT2D eigenvalue weighted by atomic mass is 16.6. The van der Waals surface area contributed by atoms with Gasteiger partial charge in [0.1, 0.15) is 17.8 Å². The highest BCUT2D eigenvalue weighted by molar-refractivity contribution is 5.68. The minimum absolute atomic E-state index is 0.0320. The molecule has 1 amide bonds. The van der Waals surface area contributed by atoms with Gasteiger partial charge in [0.05, 0.1) is 12.2 Å². The second-order valence-electron chi connectivity index (χ2n) is 11.4. The van der Waals surface area contributed by atoms with Gasteiger partial charge in [0.15, 0.2) is 11.5 Å². The van der Waals surface area contributed by atoms with Gasteiger partial charge in [0.25, 0.3) is 0 Å². The van der Waals surface area contributed by atoms with Crippen LogP contribution in [-0.2, 0) is 9.47 Å². The van der Waals surface area contributed by atoms with E-state index in [2.05, 4.69) is 24.8 Å². The summed E-state index contributed by atoms with van der Waals surface area (Å²) >= 11 is 0. The Hall–Kier alpha value is -1.99. The van der Waals surface area contributed by atoms with Crippen LogP contribution in [0, 0.1) is 11.8 Å². The number of amides is 1. The highest BCUT2D eigenvalue weighted by Gasteiger charge is 2.52. The number of carbonyl (C=O) groups excluding carboxylic acids is 1. The summed E-state index contributed by atoms with van der Waals surface area (Å²) in [6.45, 7) is 12.8. The molecule has 3 heterocycles. The van der Waals surface area contributed by atoms with Crippen LogP contribution in [-0.4, -0.2) is 73.5 Å². The van der Waals surface area contributed by atoms with Gasteiger partial charge in [0, 0.05) is 37.0 Å². The van der Waals surface area contributed by atoms with Crippen molar-refractivity contribution in [3.63, 3.8) is 0 Å². The van der Waals surface area contributed by atoms with E-state index in [1.54, 1.807) is 0 Å². The largest absolute Gasteiger partial charge is 0.488 e. The predicted octanol–water partition coefficient (Wildman–Crippen LogP) is 4.50. The fourth-order valence-electron chi connectivity index (χ4n) is 5.24. The maximum Gasteiger partial charge on any atom is 0.410 e. The number of fused-ring (bicyclic) bond motifs is 4. The Morgan fingerprint density at radius 2 is 2.03 bits per heavy atom. The lowest BCUT2D eigenvalue weighted by atomic mass is 9.70. The number of nitrogens with zero attached hydrogens (tertiary/aromatic N) is 2. The third-order valence-electron chi connectivity index (χ3n) is 6.93. The van der Waals surface area contributed by atoms with Crippen molar-refractivity contribution in [2.45, 2.75) is 70.9 Å². The molecule has 1 aromatic carbocycles. The molecular weight excluding hydrogens is 420 g/mol. The van der Waals surface area contributed by atoms with Gasteiger partial charge < -0.3 is 28.7 Å². The zero-order valence-corrected chi connectivity index (χ0v) is 21.2. The van der Waals surface area contributed by atoms with Crippen molar-refractivity contribution in [2.75, 3.05) is 40.3 Å². The lowest BCUT2D eigenvalue weighted by Crippen LogP contribution is -2.56. The smallest absolute Gasteiger partial charge is 0.410 e. The predicted molar refractivity (Wildman–Crippen MR) is 127 cm³/mol. The molecule has 4 atom stereocenters. The highest BCUT2D eigenvalue weighted by Crippen LogP contribution is 2.55. The van der Waals surface area contributed by atoms with Gasteiger partial charge in [-0.3, -0.25) is 0 Å². The maximum absolute atomic E-state index is 12.6. The molecule has 0 radical (unpaired) electrons. The Morgan fingerprint density at radius 1 is 1.27 bits per heavy atom. The first-order valence-electron chi connectivity index (χ1n) is 12.2. The van der Waals surface area contributed by atoms with Gasteiger partial charge in [0.2, 0.25) is 0 Å². The zero-order chi connectivity index (χ0) is 24.0. The van der Waals surface area contributed by atoms with Gasteiger partial charge in [-0.2, -0.15) is 0 Å². The van der Waals surface area contributed by atoms with Crippen molar-refractivity contribution in [3.8, 4) is 11.5 Å². The number of para-hydroxylation sites is 1. The van der Waals surface area contributed by atoms with Crippen LogP contribution in [0.25, 0.3) is 0 Å². The van der Waals surface area contributed by atoms with Crippen LogP contribution in [0.4, 0.5) is 4.79 Å². The Morgan fingerprint density at radius 3 is 2.73 bits per heavy atom. The molecule has 2 fully saturated rings. The summed E-state index contributed by atoms with van der Waals surface area (Å²) in [6.07, 6.45) is 1.64. The molecule has 7 nitrogen and oxygen atoms in total. The summed E-state index contributed by atoms with van der Waals surface area (Å²) in [5.41, 5.74) is 0.185. The Kier molecular flexibility index (Phi) is 6.58. The molecule has 1 aromatic rings. The summed E-state index contributed by atoms with van der Waals surface area (Å²) in [5, 5.41) is 0. The number of likely N-dealkylation sites (tertiary alicyclic amines) is 1. The van der Waals surface area contributed by atoms with E-state index in [9.17, 15) is 4.79 Å². The topological polar surface area (TPSA) is 60.5 Å². The van der Waals surface area contributed by atoms with Gasteiger partial charge in [-0.25, -0.2) is 4.79 Å². The number of carbonyl (C=O) groups is 1. The summed E-state index contributed by atoms with van der Waals surface area (Å²) in [4.78, 5) is 16.6. The van der Waals surface area contributed by atoms with Gasteiger partial charge in [-0.05, 0) is 67.6 Å². The Balaban J connectivity index is 1.52. The number of ether oxygens (including phenoxy) is 4. The lowest BCUT2D eigenvalue weighted by molar-refractivity contribution is -0.186. The normalized spacial score (nSPS) is 28.3. The monoisotopic (exact) mass is 460 g/mol. The summed E-state index contributed by atoms with van der Waals surface area (Å²) in [7, 11) is 4.07. The number of benzene rings is 1. The Labute approximate surface area is 198 Å². The minimum Gasteiger partial charge on any atom is -0.488 e. The molecule has 33 heavy (non-hydrogen) atoms. The van der Waals surface area contributed by atoms with Crippen LogP contribution >= 0.6 is 0 Å². The molecule has 0 aromatic heterocycles. The van der Waals surface area contributed by atoms with Gasteiger partial charge in [-0.1, -0.05) is 12.1 Å². The molecule has 0 bridgehead atoms. The Bertz CT molecular complexity index is 863. The van der Waals surface area contributed by atoms with Gasteiger partial charge in [-0.15, -0.1) is 0 Å². The van der Waals surface area contributed by atoms with Crippen LogP contribution in [0.1, 0.15) is 59.1 Å². The first-order chi connectivity index (χ1) is 15.4. The van der Waals surface area contributed by atoms with Crippen molar-refractivity contribution >= 4 is 6.09 Å². The number of likely N-dealkylation sites (N-methyl/N-ethyl adjacent to an activating group) is 1. The van der Waals surface area contributed by atoms with E-state index >= 15 is 0 Å². The van der Waals surface area contributed by atoms with Crippen molar-refractivity contribution in [1.82, 2.24) is 9.80 Å². The van der Waals surface area contributed by atoms with E-state index in [1.165, 1.54) is 0 Å². The number of piperidine rings is 1. The van der Waals surface area contributed by atoms with E-state index in [1.807, 2.05) is 51.9 Å². The van der Waals surface area contributed by atoms with Crippen LogP contribution in [0.15, 0.2) is 18.2 Å². The number of hydrogen-bond donors (Lipinski definition) is 0. The first kappa shape index (κ1) is 24.1. The molecule has 0 spiro atoms. The molecule has 0 saturated carbocycles. The van der Waals surface area contributed by atoms with Crippen LogP contribution in [0.2, 0.25) is 0 Å². The van der Waals surface area contributed by atoms with Crippen LogP contribution in [0.3, 0.4) is 0 Å². The third kappa shape index (κ3) is 5.24. The molecule has 3 aliphatic rings.